The van der Waals surface area contributed by atoms with Gasteiger partial charge in [0.05, 0.1) is 12.2 Å². The van der Waals surface area contributed by atoms with Crippen molar-refractivity contribution >= 4 is 5.96 Å². The molecule has 3 N–H and O–H groups in total. The van der Waals surface area contributed by atoms with Gasteiger partial charge in [-0.15, -0.1) is 0 Å². The summed E-state index contributed by atoms with van der Waals surface area (Å²) in [4.78, 5) is 4.18. The van der Waals surface area contributed by atoms with Gasteiger partial charge >= 0.3 is 0 Å². The fourth-order valence-corrected chi connectivity index (χ4v) is 2.66. The first kappa shape index (κ1) is 18.1. The number of aromatic nitrogens is 1. The minimum Gasteiger partial charge on any atom is -0.466 e. The second kappa shape index (κ2) is 7.09. The number of rotatable bonds is 5. The van der Waals surface area contributed by atoms with Gasteiger partial charge in [-0.05, 0) is 40.7 Å². The van der Waals surface area contributed by atoms with Crippen LogP contribution in [0.5, 0.6) is 0 Å². The third-order valence-electron chi connectivity index (χ3n) is 4.06. The van der Waals surface area contributed by atoms with Crippen LogP contribution in [0.25, 0.3) is 0 Å². The lowest BCUT2D eigenvalue weighted by Crippen LogP contribution is -2.44. The van der Waals surface area contributed by atoms with Gasteiger partial charge in [0.15, 0.2) is 5.96 Å². The topological polar surface area (TPSA) is 95.8 Å². The summed E-state index contributed by atoms with van der Waals surface area (Å²) in [6.45, 7) is 10.1. The minimum absolute atomic E-state index is 0.300. The van der Waals surface area contributed by atoms with Crippen LogP contribution in [0.4, 0.5) is 0 Å². The molecular weight excluding hydrogens is 308 g/mol. The van der Waals surface area contributed by atoms with Crippen molar-refractivity contribution in [1.29, 1.82) is 0 Å². The lowest BCUT2D eigenvalue weighted by Gasteiger charge is -2.24. The molecule has 7 heteroatoms. The fourth-order valence-electron chi connectivity index (χ4n) is 2.66. The number of aliphatic imine (C=N–C) groups is 1. The zero-order valence-electron chi connectivity index (χ0n) is 15.1. The predicted molar refractivity (Wildman–Crippen MR) is 91.9 cm³/mol. The van der Waals surface area contributed by atoms with Crippen LogP contribution in [0.15, 0.2) is 20.0 Å². The van der Waals surface area contributed by atoms with E-state index in [1.54, 1.807) is 14.0 Å². The third-order valence-corrected chi connectivity index (χ3v) is 4.06. The molecule has 2 aromatic heterocycles. The standard InChI is InChI=1S/C17H26N4O3/c1-10-7-15(13(4)23-10)17(5,22)9-20-16(18-6)19-8-14-11(2)21-24-12(14)3/h7,22H,8-9H2,1-6H3,(H2,18,19,20). The molecule has 0 radical (unpaired) electrons. The molecule has 0 aliphatic rings. The van der Waals surface area contributed by atoms with Gasteiger partial charge in [-0.2, -0.15) is 0 Å². The third kappa shape index (κ3) is 3.97. The second-order valence-corrected chi connectivity index (χ2v) is 6.18. The number of aliphatic hydroxyl groups is 1. The highest BCUT2D eigenvalue weighted by Crippen LogP contribution is 2.26. The number of aryl methyl sites for hydroxylation is 4. The SMILES string of the molecule is CN=C(NCc1c(C)noc1C)NCC(C)(O)c1cc(C)oc1C. The molecule has 2 heterocycles. The normalized spacial score (nSPS) is 14.5. The molecule has 7 nitrogen and oxygen atoms in total. The summed E-state index contributed by atoms with van der Waals surface area (Å²) in [5.41, 5.74) is 1.56. The van der Waals surface area contributed by atoms with E-state index in [2.05, 4.69) is 20.8 Å². The van der Waals surface area contributed by atoms with Gasteiger partial charge in [0.2, 0.25) is 0 Å². The Morgan fingerprint density at radius 1 is 1.25 bits per heavy atom. The second-order valence-electron chi connectivity index (χ2n) is 6.18. The molecule has 0 aromatic carbocycles. The van der Waals surface area contributed by atoms with Crippen molar-refractivity contribution in [3.63, 3.8) is 0 Å². The van der Waals surface area contributed by atoms with Gasteiger partial charge < -0.3 is 24.7 Å². The summed E-state index contributed by atoms with van der Waals surface area (Å²) >= 11 is 0. The zero-order valence-corrected chi connectivity index (χ0v) is 15.1. The van der Waals surface area contributed by atoms with Crippen LogP contribution in [-0.2, 0) is 12.1 Å². The lowest BCUT2D eigenvalue weighted by atomic mass is 9.96. The fraction of sp³-hybridized carbons (Fsp3) is 0.529. The Labute approximate surface area is 142 Å². The highest BCUT2D eigenvalue weighted by Gasteiger charge is 2.27. The summed E-state index contributed by atoms with van der Waals surface area (Å²) in [7, 11) is 1.69. The van der Waals surface area contributed by atoms with E-state index in [0.29, 0.717) is 19.0 Å². The molecule has 2 rings (SSSR count). The van der Waals surface area contributed by atoms with E-state index >= 15 is 0 Å². The number of nitrogens with one attached hydrogen (secondary N) is 2. The first-order chi connectivity index (χ1) is 11.2. The van der Waals surface area contributed by atoms with Crippen molar-refractivity contribution in [1.82, 2.24) is 15.8 Å². The number of hydrogen-bond acceptors (Lipinski definition) is 5. The Kier molecular flexibility index (Phi) is 5.33. The van der Waals surface area contributed by atoms with Crippen molar-refractivity contribution in [2.75, 3.05) is 13.6 Å². The maximum atomic E-state index is 10.7. The van der Waals surface area contributed by atoms with E-state index in [9.17, 15) is 5.11 Å². The van der Waals surface area contributed by atoms with Gasteiger partial charge in [0.1, 0.15) is 22.9 Å². The molecule has 2 aromatic rings. The molecular formula is C17H26N4O3. The number of hydrogen-bond donors (Lipinski definition) is 3. The Hall–Kier alpha value is -2.28. The molecule has 0 aliphatic heterocycles. The average molecular weight is 334 g/mol. The Bertz CT molecular complexity index is 709. The molecule has 0 bridgehead atoms. The minimum atomic E-state index is -1.07. The first-order valence-electron chi connectivity index (χ1n) is 7.90. The maximum absolute atomic E-state index is 10.7. The molecule has 0 fully saturated rings. The number of furan rings is 1. The van der Waals surface area contributed by atoms with Crippen molar-refractivity contribution in [3.05, 3.63) is 40.2 Å². The zero-order chi connectivity index (χ0) is 17.9. The summed E-state index contributed by atoms with van der Waals surface area (Å²) in [6.07, 6.45) is 0. The summed E-state index contributed by atoms with van der Waals surface area (Å²) in [5, 5.41) is 21.0. The highest BCUT2D eigenvalue weighted by atomic mass is 16.5. The van der Waals surface area contributed by atoms with E-state index in [1.807, 2.05) is 33.8 Å². The summed E-state index contributed by atoms with van der Waals surface area (Å²) in [6, 6.07) is 1.86. The van der Waals surface area contributed by atoms with Crippen molar-refractivity contribution in [2.24, 2.45) is 4.99 Å². The first-order valence-corrected chi connectivity index (χ1v) is 7.90. The van der Waals surface area contributed by atoms with Crippen LogP contribution in [0, 0.1) is 27.7 Å². The van der Waals surface area contributed by atoms with Crippen LogP contribution in [0.1, 0.15) is 41.0 Å². The Morgan fingerprint density at radius 2 is 1.96 bits per heavy atom. The van der Waals surface area contributed by atoms with E-state index in [-0.39, 0.29) is 0 Å². The Balaban J connectivity index is 1.97. The van der Waals surface area contributed by atoms with E-state index in [1.165, 1.54) is 0 Å². The van der Waals surface area contributed by atoms with Gasteiger partial charge in [0.25, 0.3) is 0 Å². The molecule has 0 saturated heterocycles. The van der Waals surface area contributed by atoms with Crippen LogP contribution in [0.3, 0.4) is 0 Å². The predicted octanol–water partition coefficient (Wildman–Crippen LogP) is 2.07. The largest absolute Gasteiger partial charge is 0.466 e. The molecule has 0 saturated carbocycles. The molecule has 0 spiro atoms. The smallest absolute Gasteiger partial charge is 0.191 e. The van der Waals surface area contributed by atoms with Crippen LogP contribution < -0.4 is 10.6 Å². The summed E-state index contributed by atoms with van der Waals surface area (Å²) in [5.74, 6) is 2.88. The van der Waals surface area contributed by atoms with Crippen molar-refractivity contribution in [3.8, 4) is 0 Å². The lowest BCUT2D eigenvalue weighted by molar-refractivity contribution is 0.0601. The summed E-state index contributed by atoms with van der Waals surface area (Å²) < 4.78 is 10.7. The monoisotopic (exact) mass is 334 g/mol. The maximum Gasteiger partial charge on any atom is 0.191 e. The average Bonchev–Trinajstić information content (AvgIpc) is 3.02. The molecule has 0 aliphatic carbocycles. The molecule has 1 unspecified atom stereocenters. The van der Waals surface area contributed by atoms with Crippen LogP contribution in [0.2, 0.25) is 0 Å². The van der Waals surface area contributed by atoms with Gasteiger partial charge in [-0.25, -0.2) is 0 Å². The highest BCUT2D eigenvalue weighted by molar-refractivity contribution is 5.79. The van der Waals surface area contributed by atoms with Crippen molar-refractivity contribution in [2.45, 2.75) is 46.8 Å². The Morgan fingerprint density at radius 3 is 2.46 bits per heavy atom. The van der Waals surface area contributed by atoms with Gasteiger partial charge in [-0.1, -0.05) is 5.16 Å². The van der Waals surface area contributed by atoms with Crippen LogP contribution >= 0.6 is 0 Å². The quantitative estimate of drug-likeness (QED) is 0.572. The van der Waals surface area contributed by atoms with E-state index < -0.39 is 5.60 Å². The molecule has 132 valence electrons. The molecule has 1 atom stereocenters. The van der Waals surface area contributed by atoms with Gasteiger partial charge in [0, 0.05) is 24.7 Å². The van der Waals surface area contributed by atoms with Crippen LogP contribution in [-0.4, -0.2) is 29.8 Å². The van der Waals surface area contributed by atoms with E-state index in [0.717, 1.165) is 34.1 Å². The van der Waals surface area contributed by atoms with Gasteiger partial charge in [-0.3, -0.25) is 4.99 Å². The molecule has 0 amide bonds. The van der Waals surface area contributed by atoms with E-state index in [4.69, 9.17) is 8.94 Å². The number of nitrogens with zero attached hydrogens (tertiary/aromatic N) is 2. The number of guanidine groups is 1. The molecule has 24 heavy (non-hydrogen) atoms. The van der Waals surface area contributed by atoms with Crippen molar-refractivity contribution < 1.29 is 14.0 Å².